The van der Waals surface area contributed by atoms with Gasteiger partial charge in [-0.15, -0.1) is 10.2 Å². The fraction of sp³-hybridized carbons (Fsp3) is 0.158. The predicted octanol–water partition coefficient (Wildman–Crippen LogP) is 4.49. The molecule has 0 bridgehead atoms. The van der Waals surface area contributed by atoms with Gasteiger partial charge in [0.1, 0.15) is 0 Å². The first-order valence-corrected chi connectivity index (χ1v) is 7.73. The molecule has 112 valence electrons. The van der Waals surface area contributed by atoms with Crippen LogP contribution in [0.4, 0.5) is 0 Å². The lowest BCUT2D eigenvalue weighted by molar-refractivity contribution is 0.724. The van der Waals surface area contributed by atoms with Crippen molar-refractivity contribution < 1.29 is 0 Å². The molecule has 1 aliphatic rings. The molecule has 2 heterocycles. The fourth-order valence-corrected chi connectivity index (χ4v) is 3.07. The minimum atomic E-state index is -0.672. The van der Waals surface area contributed by atoms with Crippen molar-refractivity contribution in [2.75, 3.05) is 0 Å². The van der Waals surface area contributed by atoms with Crippen molar-refractivity contribution in [3.63, 3.8) is 0 Å². The number of benzene rings is 2. The third-order valence-electron chi connectivity index (χ3n) is 4.36. The number of aryl methyl sites for hydroxylation is 1. The van der Waals surface area contributed by atoms with E-state index in [1.165, 1.54) is 5.56 Å². The molecule has 1 aliphatic heterocycles. The zero-order valence-electron chi connectivity index (χ0n) is 12.8. The van der Waals surface area contributed by atoms with E-state index in [1.807, 2.05) is 24.4 Å². The first kappa shape index (κ1) is 13.8. The number of rotatable bonds is 3. The van der Waals surface area contributed by atoms with Gasteiger partial charge in [0, 0.05) is 17.1 Å². The molecule has 0 N–H and O–H groups in total. The highest BCUT2D eigenvalue weighted by Gasteiger charge is 2.37. The summed E-state index contributed by atoms with van der Waals surface area (Å²) >= 11 is 0. The molecule has 0 spiro atoms. The fourth-order valence-electron chi connectivity index (χ4n) is 3.07. The van der Waals surface area contributed by atoms with Crippen LogP contribution >= 0.6 is 0 Å². The van der Waals surface area contributed by atoms with Crippen LogP contribution in [0.2, 0.25) is 0 Å². The van der Waals surface area contributed by atoms with Gasteiger partial charge in [0.25, 0.3) is 0 Å². The van der Waals surface area contributed by atoms with Crippen LogP contribution in [-0.2, 0) is 12.0 Å². The van der Waals surface area contributed by atoms with Gasteiger partial charge in [0.15, 0.2) is 5.54 Å². The summed E-state index contributed by atoms with van der Waals surface area (Å²) in [6.07, 6.45) is 4.63. The van der Waals surface area contributed by atoms with Crippen LogP contribution in [0, 0.1) is 0 Å². The Balaban J connectivity index is 1.97. The molecular formula is C19H16N4. The lowest BCUT2D eigenvalue weighted by Crippen LogP contribution is -2.25. The van der Waals surface area contributed by atoms with Gasteiger partial charge in [0.2, 0.25) is 0 Å². The van der Waals surface area contributed by atoms with Crippen LogP contribution in [0.3, 0.4) is 0 Å². The molecular weight excluding hydrogens is 284 g/mol. The van der Waals surface area contributed by atoms with Crippen LogP contribution in [-0.4, -0.2) is 11.2 Å². The average molecular weight is 300 g/mol. The van der Waals surface area contributed by atoms with E-state index in [2.05, 4.69) is 63.7 Å². The van der Waals surface area contributed by atoms with Gasteiger partial charge in [-0.05, 0) is 34.9 Å². The summed E-state index contributed by atoms with van der Waals surface area (Å²) in [6, 6.07) is 18.6. The summed E-state index contributed by atoms with van der Waals surface area (Å²) in [5.41, 5.74) is 3.70. The highest BCUT2D eigenvalue weighted by molar-refractivity contribution is 5.91. The monoisotopic (exact) mass is 300 g/mol. The summed E-state index contributed by atoms with van der Waals surface area (Å²) in [5.74, 6) is 0. The van der Waals surface area contributed by atoms with Crippen molar-refractivity contribution >= 4 is 17.1 Å². The molecule has 0 saturated heterocycles. The van der Waals surface area contributed by atoms with Crippen molar-refractivity contribution in [2.45, 2.75) is 18.9 Å². The van der Waals surface area contributed by atoms with E-state index in [0.29, 0.717) is 0 Å². The van der Waals surface area contributed by atoms with E-state index in [9.17, 15) is 0 Å². The van der Waals surface area contributed by atoms with E-state index < -0.39 is 5.54 Å². The summed E-state index contributed by atoms with van der Waals surface area (Å²) < 4.78 is 0. The zero-order chi connectivity index (χ0) is 15.7. The van der Waals surface area contributed by atoms with E-state index in [-0.39, 0.29) is 0 Å². The number of nitrogens with zero attached hydrogens (tertiary/aromatic N) is 4. The SMILES string of the molecule is CCc1ccc(C2(c3cccc4ncccc34)C=NN=N2)cc1. The zero-order valence-corrected chi connectivity index (χ0v) is 12.8. The highest BCUT2D eigenvalue weighted by atomic mass is 15.4. The quantitative estimate of drug-likeness (QED) is 0.703. The molecule has 4 rings (SSSR count). The number of hydrogen-bond acceptors (Lipinski definition) is 4. The topological polar surface area (TPSA) is 50.0 Å². The van der Waals surface area contributed by atoms with Crippen LogP contribution in [0.1, 0.15) is 23.6 Å². The van der Waals surface area contributed by atoms with Crippen LogP contribution in [0.15, 0.2) is 76.2 Å². The third kappa shape index (κ3) is 2.14. The molecule has 1 atom stereocenters. The normalized spacial score (nSPS) is 19.5. The Bertz CT molecular complexity index is 893. The number of aromatic nitrogens is 1. The first-order chi connectivity index (χ1) is 11.3. The Morgan fingerprint density at radius 1 is 0.957 bits per heavy atom. The summed E-state index contributed by atoms with van der Waals surface area (Å²) in [7, 11) is 0. The maximum atomic E-state index is 4.49. The standard InChI is InChI=1S/C19H16N4/c1-2-14-8-10-15(11-9-14)19(13-21-23-22-19)17-6-3-7-18-16(17)5-4-12-20-18/h3-13H,2H2,1H3. The molecule has 4 nitrogen and oxygen atoms in total. The van der Waals surface area contributed by atoms with Gasteiger partial charge in [0.05, 0.1) is 11.7 Å². The second-order valence-corrected chi connectivity index (χ2v) is 5.63. The van der Waals surface area contributed by atoms with Gasteiger partial charge in [-0.2, -0.15) is 0 Å². The highest BCUT2D eigenvalue weighted by Crippen LogP contribution is 2.38. The molecule has 0 saturated carbocycles. The minimum absolute atomic E-state index is 0.672. The average Bonchev–Trinajstić information content (AvgIpc) is 3.12. The Morgan fingerprint density at radius 2 is 1.83 bits per heavy atom. The van der Waals surface area contributed by atoms with E-state index in [4.69, 9.17) is 0 Å². The minimum Gasteiger partial charge on any atom is -0.256 e. The van der Waals surface area contributed by atoms with E-state index in [1.54, 1.807) is 6.20 Å². The van der Waals surface area contributed by atoms with Crippen molar-refractivity contribution in [3.05, 3.63) is 77.5 Å². The molecule has 0 aliphatic carbocycles. The van der Waals surface area contributed by atoms with Crippen LogP contribution in [0.25, 0.3) is 10.9 Å². The Hall–Kier alpha value is -2.88. The number of fused-ring (bicyclic) bond motifs is 1. The maximum absolute atomic E-state index is 4.49. The van der Waals surface area contributed by atoms with Gasteiger partial charge in [-0.1, -0.05) is 49.4 Å². The lowest BCUT2D eigenvalue weighted by atomic mass is 9.82. The number of pyridine rings is 1. The molecule has 1 unspecified atom stereocenters. The molecule has 4 heteroatoms. The molecule has 23 heavy (non-hydrogen) atoms. The van der Waals surface area contributed by atoms with Crippen molar-refractivity contribution in [1.82, 2.24) is 4.98 Å². The van der Waals surface area contributed by atoms with Gasteiger partial charge in [-0.3, -0.25) is 4.98 Å². The number of hydrogen-bond donors (Lipinski definition) is 0. The van der Waals surface area contributed by atoms with Crippen LogP contribution in [0.5, 0.6) is 0 Å². The first-order valence-electron chi connectivity index (χ1n) is 7.73. The van der Waals surface area contributed by atoms with Crippen LogP contribution < -0.4 is 0 Å². The Morgan fingerprint density at radius 3 is 2.57 bits per heavy atom. The third-order valence-corrected chi connectivity index (χ3v) is 4.36. The maximum Gasteiger partial charge on any atom is 0.171 e. The molecule has 0 amide bonds. The van der Waals surface area contributed by atoms with Crippen molar-refractivity contribution in [3.8, 4) is 0 Å². The molecule has 0 radical (unpaired) electrons. The van der Waals surface area contributed by atoms with Gasteiger partial charge < -0.3 is 0 Å². The Labute approximate surface area is 134 Å². The molecule has 0 fully saturated rings. The van der Waals surface area contributed by atoms with Gasteiger partial charge >= 0.3 is 0 Å². The van der Waals surface area contributed by atoms with E-state index >= 15 is 0 Å². The summed E-state index contributed by atoms with van der Waals surface area (Å²) in [4.78, 5) is 4.45. The van der Waals surface area contributed by atoms with E-state index in [0.717, 1.165) is 28.5 Å². The molecule has 1 aromatic heterocycles. The Kier molecular flexibility index (Phi) is 3.23. The largest absolute Gasteiger partial charge is 0.256 e. The smallest absolute Gasteiger partial charge is 0.171 e. The summed E-state index contributed by atoms with van der Waals surface area (Å²) in [6.45, 7) is 2.15. The van der Waals surface area contributed by atoms with Gasteiger partial charge in [-0.25, -0.2) is 0 Å². The second kappa shape index (κ2) is 5.39. The summed E-state index contributed by atoms with van der Waals surface area (Å²) in [5, 5.41) is 13.5. The lowest BCUT2D eigenvalue weighted by Gasteiger charge is -2.24. The van der Waals surface area contributed by atoms with Crippen molar-refractivity contribution in [1.29, 1.82) is 0 Å². The molecule has 3 aromatic rings. The van der Waals surface area contributed by atoms with Crippen molar-refractivity contribution in [2.24, 2.45) is 15.4 Å². The molecule has 2 aromatic carbocycles. The predicted molar refractivity (Wildman–Crippen MR) is 91.7 cm³/mol. The second-order valence-electron chi connectivity index (χ2n) is 5.63.